The van der Waals surface area contributed by atoms with Crippen molar-refractivity contribution in [2.24, 2.45) is 5.92 Å². The molecule has 2 rings (SSSR count). The minimum Gasteiger partial charge on any atom is -0.478 e. The Morgan fingerprint density at radius 1 is 1.62 bits per heavy atom. The number of halogens is 1. The molecule has 86 valence electrons. The highest BCUT2D eigenvalue weighted by Crippen LogP contribution is 2.33. The van der Waals surface area contributed by atoms with E-state index in [0.29, 0.717) is 6.61 Å². The van der Waals surface area contributed by atoms with Crippen LogP contribution in [0, 0.1) is 5.92 Å². The number of hydrogen-bond donors (Lipinski definition) is 1. The van der Waals surface area contributed by atoms with Crippen LogP contribution in [0.3, 0.4) is 0 Å². The highest BCUT2D eigenvalue weighted by Gasteiger charge is 2.21. The van der Waals surface area contributed by atoms with Crippen molar-refractivity contribution in [2.75, 3.05) is 6.61 Å². The number of ether oxygens (including phenoxy) is 1. The first kappa shape index (κ1) is 11.2. The van der Waals surface area contributed by atoms with Crippen molar-refractivity contribution in [3.8, 4) is 5.88 Å². The fraction of sp³-hybridized carbons (Fsp3) is 0.455. The average molecular weight is 242 g/mol. The molecule has 1 aromatic rings. The lowest BCUT2D eigenvalue weighted by Crippen LogP contribution is -2.04. The van der Waals surface area contributed by atoms with Gasteiger partial charge in [0.1, 0.15) is 5.02 Å². The van der Waals surface area contributed by atoms with E-state index in [-0.39, 0.29) is 16.5 Å². The standard InChI is InChI=1S/C11H12ClNO3/c12-9-8(11(14)15)3-5-13-10(9)16-6-4-7-1-2-7/h3,5,7H,1-2,4,6H2,(H,14,15). The number of hydrogen-bond acceptors (Lipinski definition) is 3. The molecular formula is C11H12ClNO3. The van der Waals surface area contributed by atoms with Crippen LogP contribution in [0.2, 0.25) is 5.02 Å². The summed E-state index contributed by atoms with van der Waals surface area (Å²) in [5.74, 6) is -0.0944. The lowest BCUT2D eigenvalue weighted by atomic mass is 10.2. The molecule has 1 aromatic heterocycles. The van der Waals surface area contributed by atoms with Gasteiger partial charge in [-0.15, -0.1) is 0 Å². The van der Waals surface area contributed by atoms with Crippen molar-refractivity contribution in [2.45, 2.75) is 19.3 Å². The van der Waals surface area contributed by atoms with E-state index in [2.05, 4.69) is 4.98 Å². The van der Waals surface area contributed by atoms with E-state index in [9.17, 15) is 4.79 Å². The minimum absolute atomic E-state index is 0.0260. The summed E-state index contributed by atoms with van der Waals surface area (Å²) in [6, 6.07) is 1.36. The fourth-order valence-electron chi connectivity index (χ4n) is 1.42. The maximum Gasteiger partial charge on any atom is 0.337 e. The largest absolute Gasteiger partial charge is 0.478 e. The Morgan fingerprint density at radius 3 is 3.00 bits per heavy atom. The van der Waals surface area contributed by atoms with Gasteiger partial charge in [0.05, 0.1) is 12.2 Å². The van der Waals surface area contributed by atoms with Crippen LogP contribution in [0.25, 0.3) is 0 Å². The van der Waals surface area contributed by atoms with Crippen molar-refractivity contribution in [3.05, 3.63) is 22.8 Å². The minimum atomic E-state index is -1.07. The van der Waals surface area contributed by atoms with Crippen molar-refractivity contribution in [1.82, 2.24) is 4.98 Å². The smallest absolute Gasteiger partial charge is 0.337 e. The summed E-state index contributed by atoms with van der Waals surface area (Å²) in [6.07, 6.45) is 4.90. The molecule has 0 unspecified atom stereocenters. The Balaban J connectivity index is 2.01. The number of aromatic nitrogens is 1. The molecule has 0 spiro atoms. The molecule has 0 atom stereocenters. The van der Waals surface area contributed by atoms with E-state index in [4.69, 9.17) is 21.4 Å². The molecule has 0 aliphatic heterocycles. The maximum absolute atomic E-state index is 10.8. The predicted molar refractivity (Wildman–Crippen MR) is 59.0 cm³/mol. The van der Waals surface area contributed by atoms with Gasteiger partial charge in [0.25, 0.3) is 0 Å². The number of pyridine rings is 1. The van der Waals surface area contributed by atoms with Crippen molar-refractivity contribution < 1.29 is 14.6 Å². The number of nitrogens with zero attached hydrogens (tertiary/aromatic N) is 1. The third-order valence-corrected chi connectivity index (χ3v) is 2.91. The Labute approximate surface area is 98.2 Å². The maximum atomic E-state index is 10.8. The summed E-state index contributed by atoms with van der Waals surface area (Å²) in [6.45, 7) is 0.542. The van der Waals surface area contributed by atoms with Gasteiger partial charge in [-0.25, -0.2) is 9.78 Å². The summed E-state index contributed by atoms with van der Waals surface area (Å²) >= 11 is 5.87. The second-order valence-corrected chi connectivity index (χ2v) is 4.24. The first-order valence-corrected chi connectivity index (χ1v) is 5.57. The Bertz CT molecular complexity index is 404. The van der Waals surface area contributed by atoms with Crippen LogP contribution in [0.5, 0.6) is 5.88 Å². The SMILES string of the molecule is O=C(O)c1ccnc(OCCC2CC2)c1Cl. The van der Waals surface area contributed by atoms with Crippen LogP contribution in [0.1, 0.15) is 29.6 Å². The molecule has 0 amide bonds. The van der Waals surface area contributed by atoms with Gasteiger partial charge >= 0.3 is 5.97 Å². The molecule has 0 aromatic carbocycles. The Kier molecular flexibility index (Phi) is 3.29. The van der Waals surface area contributed by atoms with Crippen LogP contribution < -0.4 is 4.74 Å². The Morgan fingerprint density at radius 2 is 2.38 bits per heavy atom. The quantitative estimate of drug-likeness (QED) is 0.861. The van der Waals surface area contributed by atoms with Crippen LogP contribution in [-0.2, 0) is 0 Å². The molecule has 1 N–H and O–H groups in total. The molecule has 1 saturated carbocycles. The van der Waals surface area contributed by atoms with Crippen molar-refractivity contribution in [3.63, 3.8) is 0 Å². The van der Waals surface area contributed by atoms with Gasteiger partial charge < -0.3 is 9.84 Å². The third kappa shape index (κ3) is 2.64. The molecule has 1 aliphatic rings. The first-order chi connectivity index (χ1) is 7.68. The fourth-order valence-corrected chi connectivity index (χ4v) is 1.67. The molecule has 0 radical (unpaired) electrons. The van der Waals surface area contributed by atoms with E-state index in [1.54, 1.807) is 0 Å². The van der Waals surface area contributed by atoms with Gasteiger partial charge in [0.2, 0.25) is 5.88 Å². The highest BCUT2D eigenvalue weighted by molar-refractivity contribution is 6.34. The van der Waals surface area contributed by atoms with Gasteiger partial charge in [-0.05, 0) is 18.4 Å². The van der Waals surface area contributed by atoms with Gasteiger partial charge in [0, 0.05) is 6.20 Å². The second-order valence-electron chi connectivity index (χ2n) is 3.86. The van der Waals surface area contributed by atoms with E-state index >= 15 is 0 Å². The molecule has 0 bridgehead atoms. The Hall–Kier alpha value is -1.29. The monoisotopic (exact) mass is 241 g/mol. The van der Waals surface area contributed by atoms with Crippen LogP contribution >= 0.6 is 11.6 Å². The molecule has 1 fully saturated rings. The zero-order valence-electron chi connectivity index (χ0n) is 8.65. The van der Waals surface area contributed by atoms with E-state index in [1.165, 1.54) is 25.1 Å². The van der Waals surface area contributed by atoms with Crippen molar-refractivity contribution in [1.29, 1.82) is 0 Å². The van der Waals surface area contributed by atoms with E-state index in [0.717, 1.165) is 12.3 Å². The lowest BCUT2D eigenvalue weighted by Gasteiger charge is -2.07. The molecule has 1 aliphatic carbocycles. The van der Waals surface area contributed by atoms with E-state index in [1.807, 2.05) is 0 Å². The summed E-state index contributed by atoms with van der Waals surface area (Å²) in [5.41, 5.74) is 0.0260. The van der Waals surface area contributed by atoms with Crippen molar-refractivity contribution >= 4 is 17.6 Å². The number of carbonyl (C=O) groups is 1. The molecule has 16 heavy (non-hydrogen) atoms. The van der Waals surface area contributed by atoms with Gasteiger partial charge in [-0.1, -0.05) is 24.4 Å². The summed E-state index contributed by atoms with van der Waals surface area (Å²) in [7, 11) is 0. The number of carboxylic acids is 1. The first-order valence-electron chi connectivity index (χ1n) is 5.19. The molecule has 4 nitrogen and oxygen atoms in total. The number of rotatable bonds is 5. The van der Waals surface area contributed by atoms with Crippen LogP contribution in [0.4, 0.5) is 0 Å². The van der Waals surface area contributed by atoms with Gasteiger partial charge in [-0.2, -0.15) is 0 Å². The molecular weight excluding hydrogens is 230 g/mol. The summed E-state index contributed by atoms with van der Waals surface area (Å²) in [4.78, 5) is 14.7. The third-order valence-electron chi connectivity index (χ3n) is 2.55. The number of aromatic carboxylic acids is 1. The zero-order valence-corrected chi connectivity index (χ0v) is 9.41. The molecule has 5 heteroatoms. The van der Waals surface area contributed by atoms with Gasteiger partial charge in [-0.3, -0.25) is 0 Å². The summed E-state index contributed by atoms with van der Waals surface area (Å²) < 4.78 is 5.37. The second kappa shape index (κ2) is 4.70. The topological polar surface area (TPSA) is 59.4 Å². The zero-order chi connectivity index (χ0) is 11.5. The number of carboxylic acid groups (broad SMARTS) is 1. The normalized spacial score (nSPS) is 14.8. The molecule has 0 saturated heterocycles. The van der Waals surface area contributed by atoms with E-state index < -0.39 is 5.97 Å². The lowest BCUT2D eigenvalue weighted by molar-refractivity contribution is 0.0696. The molecule has 1 heterocycles. The van der Waals surface area contributed by atoms with Crippen LogP contribution in [-0.4, -0.2) is 22.7 Å². The summed E-state index contributed by atoms with van der Waals surface area (Å²) in [5, 5.41) is 8.92. The predicted octanol–water partition coefficient (Wildman–Crippen LogP) is 2.61. The highest BCUT2D eigenvalue weighted by atomic mass is 35.5. The van der Waals surface area contributed by atoms with Gasteiger partial charge in [0.15, 0.2) is 0 Å². The van der Waals surface area contributed by atoms with Crippen LogP contribution in [0.15, 0.2) is 12.3 Å². The average Bonchev–Trinajstić information content (AvgIpc) is 3.04.